The van der Waals surface area contributed by atoms with Crippen molar-refractivity contribution in [1.29, 1.82) is 0 Å². The van der Waals surface area contributed by atoms with Gasteiger partial charge in [-0.3, -0.25) is 4.79 Å². The van der Waals surface area contributed by atoms with Crippen LogP contribution in [0, 0.1) is 23.2 Å². The van der Waals surface area contributed by atoms with Crippen LogP contribution in [0.1, 0.15) is 61.3 Å². The zero-order valence-corrected chi connectivity index (χ0v) is 12.8. The quantitative estimate of drug-likeness (QED) is 0.762. The van der Waals surface area contributed by atoms with E-state index < -0.39 is 0 Å². The molecule has 4 aliphatic carbocycles. The van der Waals surface area contributed by atoms with Crippen LogP contribution < -0.4 is 0 Å². The Kier molecular flexibility index (Phi) is 3.21. The molecule has 1 aromatic rings. The first-order valence-corrected chi connectivity index (χ1v) is 8.27. The van der Waals surface area contributed by atoms with E-state index in [2.05, 4.69) is 0 Å². The molecule has 0 spiro atoms. The number of rotatable bonds is 5. The van der Waals surface area contributed by atoms with E-state index in [1.165, 1.54) is 38.5 Å². The van der Waals surface area contributed by atoms with Gasteiger partial charge in [-0.1, -0.05) is 0 Å². The lowest BCUT2D eigenvalue weighted by molar-refractivity contribution is -0.0527. The number of hydrogen-bond donors (Lipinski definition) is 0. The molecule has 0 amide bonds. The van der Waals surface area contributed by atoms with Crippen LogP contribution in [0.25, 0.3) is 0 Å². The zero-order valence-electron chi connectivity index (χ0n) is 12.8. The van der Waals surface area contributed by atoms with E-state index in [0.717, 1.165) is 23.5 Å². The fourth-order valence-electron chi connectivity index (χ4n) is 5.68. The third-order valence-electron chi connectivity index (χ3n) is 5.92. The summed E-state index contributed by atoms with van der Waals surface area (Å²) in [6.07, 6.45) is 8.78. The molecule has 0 N–H and O–H groups in total. The number of methoxy groups -OCH3 is 1. The first kappa shape index (κ1) is 13.6. The molecule has 5 rings (SSSR count). The standard InChI is InChI=1S/C18H24O3/c1-20-11-15-2-3-17(21-15)16(19)10-18-7-12-4-13(8-18)6-14(5-12)9-18/h2-3,12-14H,4-11H2,1H3. The minimum Gasteiger partial charge on any atom is -0.456 e. The molecule has 4 fully saturated rings. The van der Waals surface area contributed by atoms with Crippen LogP contribution in [-0.4, -0.2) is 12.9 Å². The highest BCUT2D eigenvalue weighted by atomic mass is 16.5. The zero-order chi connectivity index (χ0) is 14.4. The summed E-state index contributed by atoms with van der Waals surface area (Å²) in [6, 6.07) is 3.67. The monoisotopic (exact) mass is 288 g/mol. The first-order chi connectivity index (χ1) is 10.2. The van der Waals surface area contributed by atoms with Gasteiger partial charge in [0.15, 0.2) is 11.5 Å². The average Bonchev–Trinajstić information content (AvgIpc) is 2.85. The summed E-state index contributed by atoms with van der Waals surface area (Å²) in [6.45, 7) is 0.435. The van der Waals surface area contributed by atoms with Gasteiger partial charge in [-0.05, 0) is 73.8 Å². The summed E-state index contributed by atoms with van der Waals surface area (Å²) in [7, 11) is 1.64. The van der Waals surface area contributed by atoms with E-state index in [4.69, 9.17) is 9.15 Å². The first-order valence-electron chi connectivity index (χ1n) is 8.27. The van der Waals surface area contributed by atoms with Crippen LogP contribution in [0.5, 0.6) is 0 Å². The summed E-state index contributed by atoms with van der Waals surface area (Å²) in [5.41, 5.74) is 0.292. The van der Waals surface area contributed by atoms with Gasteiger partial charge >= 0.3 is 0 Å². The van der Waals surface area contributed by atoms with Crippen LogP contribution in [0.4, 0.5) is 0 Å². The van der Waals surface area contributed by atoms with Gasteiger partial charge in [-0.2, -0.15) is 0 Å². The van der Waals surface area contributed by atoms with Crippen molar-refractivity contribution in [2.45, 2.75) is 51.6 Å². The predicted octanol–water partition coefficient (Wildman–Crippen LogP) is 4.22. The Balaban J connectivity index is 1.48. The smallest absolute Gasteiger partial charge is 0.198 e. The maximum absolute atomic E-state index is 12.6. The molecule has 4 bridgehead atoms. The van der Waals surface area contributed by atoms with E-state index in [1.54, 1.807) is 7.11 Å². The second-order valence-corrected chi connectivity index (χ2v) is 7.72. The summed E-state index contributed by atoms with van der Waals surface area (Å²) in [5, 5.41) is 0. The van der Waals surface area contributed by atoms with Crippen molar-refractivity contribution in [2.75, 3.05) is 7.11 Å². The fraction of sp³-hybridized carbons (Fsp3) is 0.722. The van der Waals surface area contributed by atoms with Gasteiger partial charge in [0.1, 0.15) is 12.4 Å². The van der Waals surface area contributed by atoms with Crippen molar-refractivity contribution in [1.82, 2.24) is 0 Å². The third-order valence-corrected chi connectivity index (χ3v) is 5.92. The van der Waals surface area contributed by atoms with Crippen molar-refractivity contribution in [2.24, 2.45) is 23.2 Å². The molecule has 0 unspecified atom stereocenters. The molecule has 0 saturated heterocycles. The number of ketones is 1. The molecule has 114 valence electrons. The van der Waals surface area contributed by atoms with E-state index in [9.17, 15) is 4.79 Å². The average molecular weight is 288 g/mol. The normalized spacial score (nSPS) is 37.1. The predicted molar refractivity (Wildman–Crippen MR) is 79.0 cm³/mol. The number of carbonyl (C=O) groups is 1. The molecule has 0 aliphatic heterocycles. The lowest BCUT2D eigenvalue weighted by atomic mass is 9.48. The topological polar surface area (TPSA) is 39.4 Å². The van der Waals surface area contributed by atoms with E-state index in [-0.39, 0.29) is 5.78 Å². The second kappa shape index (κ2) is 4.98. The molecule has 0 aromatic carbocycles. The summed E-state index contributed by atoms with van der Waals surface area (Å²) >= 11 is 0. The summed E-state index contributed by atoms with van der Waals surface area (Å²) < 4.78 is 10.7. The van der Waals surface area contributed by atoms with Gasteiger partial charge in [0.2, 0.25) is 0 Å². The summed E-state index contributed by atoms with van der Waals surface area (Å²) in [4.78, 5) is 12.6. The Morgan fingerprint density at radius 2 is 1.81 bits per heavy atom. The Morgan fingerprint density at radius 3 is 2.38 bits per heavy atom. The van der Waals surface area contributed by atoms with Crippen molar-refractivity contribution < 1.29 is 13.9 Å². The maximum atomic E-state index is 12.6. The number of carbonyl (C=O) groups excluding carboxylic acids is 1. The molecule has 0 atom stereocenters. The maximum Gasteiger partial charge on any atom is 0.198 e. The number of furan rings is 1. The number of hydrogen-bond acceptors (Lipinski definition) is 3. The van der Waals surface area contributed by atoms with Gasteiger partial charge in [0.25, 0.3) is 0 Å². The molecule has 3 heteroatoms. The Labute approximate surface area is 126 Å². The van der Waals surface area contributed by atoms with Crippen LogP contribution in [0.3, 0.4) is 0 Å². The molecular weight excluding hydrogens is 264 g/mol. The van der Waals surface area contributed by atoms with Gasteiger partial charge in [-0.15, -0.1) is 0 Å². The molecule has 4 aliphatic rings. The van der Waals surface area contributed by atoms with Gasteiger partial charge in [0, 0.05) is 13.5 Å². The van der Waals surface area contributed by atoms with Crippen LogP contribution in [-0.2, 0) is 11.3 Å². The minimum absolute atomic E-state index is 0.194. The molecule has 1 heterocycles. The largest absolute Gasteiger partial charge is 0.456 e. The van der Waals surface area contributed by atoms with Crippen molar-refractivity contribution >= 4 is 5.78 Å². The van der Waals surface area contributed by atoms with E-state index in [1.807, 2.05) is 12.1 Å². The molecule has 0 radical (unpaired) electrons. The Morgan fingerprint density at radius 1 is 1.19 bits per heavy atom. The van der Waals surface area contributed by atoms with Crippen molar-refractivity contribution in [3.63, 3.8) is 0 Å². The van der Waals surface area contributed by atoms with Crippen molar-refractivity contribution in [3.8, 4) is 0 Å². The minimum atomic E-state index is 0.194. The molecular formula is C18H24O3. The van der Waals surface area contributed by atoms with Gasteiger partial charge in [-0.25, -0.2) is 0 Å². The van der Waals surface area contributed by atoms with E-state index >= 15 is 0 Å². The van der Waals surface area contributed by atoms with Gasteiger partial charge < -0.3 is 9.15 Å². The summed E-state index contributed by atoms with van der Waals surface area (Å²) in [5.74, 6) is 4.14. The SMILES string of the molecule is COCc1ccc(C(=O)CC23CC4CC(CC(C4)C2)C3)o1. The highest BCUT2D eigenvalue weighted by Gasteiger charge is 2.51. The Hall–Kier alpha value is -1.09. The lowest BCUT2D eigenvalue weighted by Gasteiger charge is -2.56. The third kappa shape index (κ3) is 2.46. The van der Waals surface area contributed by atoms with E-state index in [0.29, 0.717) is 24.2 Å². The second-order valence-electron chi connectivity index (χ2n) is 7.72. The van der Waals surface area contributed by atoms with Crippen LogP contribution in [0.15, 0.2) is 16.5 Å². The number of ether oxygens (including phenoxy) is 1. The van der Waals surface area contributed by atoms with Crippen molar-refractivity contribution in [3.05, 3.63) is 23.7 Å². The molecule has 4 saturated carbocycles. The molecule has 1 aromatic heterocycles. The highest BCUT2D eigenvalue weighted by Crippen LogP contribution is 2.61. The van der Waals surface area contributed by atoms with Crippen LogP contribution >= 0.6 is 0 Å². The molecule has 21 heavy (non-hydrogen) atoms. The van der Waals surface area contributed by atoms with Gasteiger partial charge in [0.05, 0.1) is 0 Å². The number of Topliss-reactive ketones (excluding diaryl/α,β-unsaturated/α-hetero) is 1. The van der Waals surface area contributed by atoms with Crippen LogP contribution in [0.2, 0.25) is 0 Å². The highest BCUT2D eigenvalue weighted by molar-refractivity contribution is 5.94. The fourth-order valence-corrected chi connectivity index (χ4v) is 5.68. The Bertz CT molecular complexity index is 507. The molecule has 3 nitrogen and oxygen atoms in total. The lowest BCUT2D eigenvalue weighted by Crippen LogP contribution is -2.46.